The average Bonchev–Trinajstić information content (AvgIpc) is 3.21. The van der Waals surface area contributed by atoms with Crippen LogP contribution in [0.4, 0.5) is 0 Å². The quantitative estimate of drug-likeness (QED) is 0.552. The molecule has 6 nitrogen and oxygen atoms in total. The van der Waals surface area contributed by atoms with Crippen LogP contribution in [0.2, 0.25) is 0 Å². The third kappa shape index (κ3) is 5.60. The van der Waals surface area contributed by atoms with E-state index in [9.17, 15) is 0 Å². The number of aromatic nitrogens is 1. The Bertz CT molecular complexity index is 781. The number of hydrogen-bond donors (Lipinski definition) is 2. The predicted octanol–water partition coefficient (Wildman–Crippen LogP) is 3.61. The van der Waals surface area contributed by atoms with Gasteiger partial charge in [0.05, 0.1) is 5.69 Å². The molecule has 0 aliphatic carbocycles. The maximum atomic E-state index is 5.32. The van der Waals surface area contributed by atoms with E-state index in [1.807, 2.05) is 13.8 Å². The molecule has 1 aromatic heterocycles. The van der Waals surface area contributed by atoms with Crippen molar-refractivity contribution in [2.45, 2.75) is 65.6 Å². The van der Waals surface area contributed by atoms with Gasteiger partial charge < -0.3 is 15.2 Å². The highest BCUT2D eigenvalue weighted by Crippen LogP contribution is 2.23. The van der Waals surface area contributed by atoms with E-state index >= 15 is 0 Å². The smallest absolute Gasteiger partial charge is 0.191 e. The summed E-state index contributed by atoms with van der Waals surface area (Å²) < 4.78 is 5.32. The van der Waals surface area contributed by atoms with Gasteiger partial charge >= 0.3 is 0 Å². The Labute approximate surface area is 174 Å². The first-order valence-corrected chi connectivity index (χ1v) is 10.7. The lowest BCUT2D eigenvalue weighted by molar-refractivity contribution is 0.258. The molecule has 1 aliphatic rings. The van der Waals surface area contributed by atoms with Crippen LogP contribution in [0.1, 0.15) is 55.7 Å². The Morgan fingerprint density at radius 2 is 2.07 bits per heavy atom. The van der Waals surface area contributed by atoms with E-state index < -0.39 is 0 Å². The highest BCUT2D eigenvalue weighted by atomic mass is 16.5. The normalized spacial score (nSPS) is 21.3. The molecule has 0 saturated carbocycles. The van der Waals surface area contributed by atoms with Gasteiger partial charge in [-0.1, -0.05) is 42.4 Å². The molecule has 2 N–H and O–H groups in total. The van der Waals surface area contributed by atoms with Crippen molar-refractivity contribution in [3.05, 3.63) is 52.9 Å². The van der Waals surface area contributed by atoms with Gasteiger partial charge in [0.15, 0.2) is 5.96 Å². The second-order valence-electron chi connectivity index (χ2n) is 8.20. The minimum atomic E-state index is 0.272. The zero-order chi connectivity index (χ0) is 20.8. The topological polar surface area (TPSA) is 65.7 Å². The fourth-order valence-electron chi connectivity index (χ4n) is 4.27. The molecule has 1 aromatic carbocycles. The predicted molar refractivity (Wildman–Crippen MR) is 118 cm³/mol. The van der Waals surface area contributed by atoms with Crippen molar-refractivity contribution in [1.29, 1.82) is 0 Å². The Morgan fingerprint density at radius 1 is 1.31 bits per heavy atom. The number of hydrogen-bond acceptors (Lipinski definition) is 4. The van der Waals surface area contributed by atoms with E-state index in [0.29, 0.717) is 18.6 Å². The Hall–Kier alpha value is -2.34. The molecule has 0 amide bonds. The molecule has 1 aliphatic heterocycles. The lowest BCUT2D eigenvalue weighted by Gasteiger charge is -2.21. The SMILES string of the molecule is CCNC(=NCC(C)c1c(C)noc1C)NC1CC(C)N(Cc2ccccc2)C1. The van der Waals surface area contributed by atoms with Crippen LogP contribution in [0.15, 0.2) is 39.8 Å². The van der Waals surface area contributed by atoms with Crippen molar-refractivity contribution in [2.24, 2.45) is 4.99 Å². The van der Waals surface area contributed by atoms with E-state index in [1.165, 1.54) is 11.1 Å². The molecule has 3 unspecified atom stereocenters. The highest BCUT2D eigenvalue weighted by Gasteiger charge is 2.29. The third-order valence-corrected chi connectivity index (χ3v) is 5.72. The molecular formula is C23H35N5O. The third-order valence-electron chi connectivity index (χ3n) is 5.72. The van der Waals surface area contributed by atoms with Crippen LogP contribution in [0.25, 0.3) is 0 Å². The zero-order valence-electron chi connectivity index (χ0n) is 18.4. The summed E-state index contributed by atoms with van der Waals surface area (Å²) in [6.07, 6.45) is 1.12. The lowest BCUT2D eigenvalue weighted by atomic mass is 10.00. The minimum absolute atomic E-state index is 0.272. The summed E-state index contributed by atoms with van der Waals surface area (Å²) in [5, 5.41) is 11.1. The van der Waals surface area contributed by atoms with Gasteiger partial charge in [0.2, 0.25) is 0 Å². The Morgan fingerprint density at radius 3 is 2.72 bits per heavy atom. The van der Waals surface area contributed by atoms with Gasteiger partial charge in [-0.05, 0) is 39.7 Å². The van der Waals surface area contributed by atoms with Crippen LogP contribution >= 0.6 is 0 Å². The van der Waals surface area contributed by atoms with Gasteiger partial charge in [-0.15, -0.1) is 0 Å². The average molecular weight is 398 g/mol. The van der Waals surface area contributed by atoms with E-state index in [-0.39, 0.29) is 5.92 Å². The number of guanidine groups is 1. The summed E-state index contributed by atoms with van der Waals surface area (Å²) in [7, 11) is 0. The molecule has 2 heterocycles. The number of nitrogens with one attached hydrogen (secondary N) is 2. The van der Waals surface area contributed by atoms with Gasteiger partial charge in [-0.25, -0.2) is 0 Å². The summed E-state index contributed by atoms with van der Waals surface area (Å²) >= 11 is 0. The van der Waals surface area contributed by atoms with Gasteiger partial charge in [0, 0.05) is 49.7 Å². The molecule has 0 radical (unpaired) electrons. The fourth-order valence-corrected chi connectivity index (χ4v) is 4.27. The van der Waals surface area contributed by atoms with Crippen LogP contribution in [0, 0.1) is 13.8 Å². The number of rotatable bonds is 7. The minimum Gasteiger partial charge on any atom is -0.361 e. The van der Waals surface area contributed by atoms with E-state index in [1.54, 1.807) is 0 Å². The van der Waals surface area contributed by atoms with Crippen molar-refractivity contribution in [2.75, 3.05) is 19.6 Å². The van der Waals surface area contributed by atoms with Gasteiger partial charge in [-0.2, -0.15) is 0 Å². The number of benzene rings is 1. The molecule has 1 saturated heterocycles. The second kappa shape index (κ2) is 9.92. The molecule has 29 heavy (non-hydrogen) atoms. The molecule has 3 atom stereocenters. The maximum absolute atomic E-state index is 5.32. The van der Waals surface area contributed by atoms with Crippen LogP contribution in [-0.2, 0) is 6.54 Å². The molecule has 0 spiro atoms. The van der Waals surface area contributed by atoms with E-state index in [0.717, 1.165) is 43.5 Å². The summed E-state index contributed by atoms with van der Waals surface area (Å²) in [5.74, 6) is 2.06. The van der Waals surface area contributed by atoms with E-state index in [4.69, 9.17) is 9.52 Å². The van der Waals surface area contributed by atoms with Crippen LogP contribution < -0.4 is 10.6 Å². The van der Waals surface area contributed by atoms with Crippen LogP contribution in [0.5, 0.6) is 0 Å². The number of aliphatic imine (C=N–C) groups is 1. The molecule has 158 valence electrons. The van der Waals surface area contributed by atoms with Crippen molar-refractivity contribution in [1.82, 2.24) is 20.7 Å². The first-order chi connectivity index (χ1) is 14.0. The summed E-state index contributed by atoms with van der Waals surface area (Å²) in [5.41, 5.74) is 3.51. The second-order valence-corrected chi connectivity index (χ2v) is 8.20. The molecule has 0 bridgehead atoms. The van der Waals surface area contributed by atoms with Crippen molar-refractivity contribution in [3.63, 3.8) is 0 Å². The van der Waals surface area contributed by atoms with Gasteiger partial charge in [0.25, 0.3) is 0 Å². The number of likely N-dealkylation sites (tertiary alicyclic amines) is 1. The summed E-state index contributed by atoms with van der Waals surface area (Å²) in [4.78, 5) is 7.40. The van der Waals surface area contributed by atoms with Crippen molar-refractivity contribution in [3.8, 4) is 0 Å². The fraction of sp³-hybridized carbons (Fsp3) is 0.565. The summed E-state index contributed by atoms with van der Waals surface area (Å²) in [6, 6.07) is 11.7. The van der Waals surface area contributed by atoms with Gasteiger partial charge in [0.1, 0.15) is 5.76 Å². The maximum Gasteiger partial charge on any atom is 0.191 e. The van der Waals surface area contributed by atoms with E-state index in [2.05, 4.69) is 71.8 Å². The number of aryl methyl sites for hydroxylation is 2. The van der Waals surface area contributed by atoms with Gasteiger partial charge in [-0.3, -0.25) is 9.89 Å². The zero-order valence-corrected chi connectivity index (χ0v) is 18.4. The Kier molecular flexibility index (Phi) is 7.31. The van der Waals surface area contributed by atoms with Crippen LogP contribution in [0.3, 0.4) is 0 Å². The first-order valence-electron chi connectivity index (χ1n) is 10.7. The van der Waals surface area contributed by atoms with Crippen molar-refractivity contribution >= 4 is 5.96 Å². The Balaban J connectivity index is 1.59. The summed E-state index contributed by atoms with van der Waals surface area (Å²) in [6.45, 7) is 14.1. The lowest BCUT2D eigenvalue weighted by Crippen LogP contribution is -2.44. The molecule has 3 rings (SSSR count). The first kappa shape index (κ1) is 21.4. The monoisotopic (exact) mass is 397 g/mol. The molecule has 1 fully saturated rings. The highest BCUT2D eigenvalue weighted by molar-refractivity contribution is 5.80. The molecular weight excluding hydrogens is 362 g/mol. The molecule has 2 aromatic rings. The van der Waals surface area contributed by atoms with Crippen molar-refractivity contribution < 1.29 is 4.52 Å². The number of nitrogens with zero attached hydrogens (tertiary/aromatic N) is 3. The van der Waals surface area contributed by atoms with Crippen LogP contribution in [-0.4, -0.2) is 47.7 Å². The standard InChI is InChI=1S/C23H35N5O/c1-6-24-23(25-13-16(2)22-18(4)27-29-19(22)5)26-21-12-17(3)28(15-21)14-20-10-8-7-9-11-20/h7-11,16-17,21H,6,12-15H2,1-5H3,(H2,24,25,26). The molecule has 6 heteroatoms. The largest absolute Gasteiger partial charge is 0.361 e.